The lowest BCUT2D eigenvalue weighted by Crippen LogP contribution is -1.99. The van der Waals surface area contributed by atoms with E-state index in [2.05, 4.69) is 57.3 Å². The molecule has 0 amide bonds. The van der Waals surface area contributed by atoms with Crippen LogP contribution in [0.3, 0.4) is 0 Å². The zero-order valence-corrected chi connectivity index (χ0v) is 11.5. The van der Waals surface area contributed by atoms with E-state index in [1.165, 1.54) is 33.7 Å². The summed E-state index contributed by atoms with van der Waals surface area (Å²) in [6.07, 6.45) is 3.95. The molecule has 90 valence electrons. The van der Waals surface area contributed by atoms with E-state index < -0.39 is 0 Å². The lowest BCUT2D eigenvalue weighted by Gasteiger charge is -2.10. The number of hydrogen-bond donors (Lipinski definition) is 0. The Kier molecular flexibility index (Phi) is 2.82. The Morgan fingerprint density at radius 1 is 1.12 bits per heavy atom. The number of rotatable bonds is 1. The van der Waals surface area contributed by atoms with Gasteiger partial charge in [0.2, 0.25) is 0 Å². The molecule has 0 atom stereocenters. The molecule has 0 fully saturated rings. The van der Waals surface area contributed by atoms with Gasteiger partial charge in [0, 0.05) is 24.7 Å². The van der Waals surface area contributed by atoms with Crippen LogP contribution in [0.5, 0.6) is 0 Å². The predicted octanol–water partition coefficient (Wildman–Crippen LogP) is 3.71. The van der Waals surface area contributed by atoms with Crippen molar-refractivity contribution in [1.82, 2.24) is 4.57 Å². The van der Waals surface area contributed by atoms with Gasteiger partial charge in [0.05, 0.1) is 5.70 Å². The van der Waals surface area contributed by atoms with Crippen molar-refractivity contribution in [2.75, 3.05) is 0 Å². The molecule has 0 aliphatic carbocycles. The summed E-state index contributed by atoms with van der Waals surface area (Å²) in [5.74, 6) is 0. The molecule has 0 radical (unpaired) electrons. The molecule has 2 nitrogen and oxygen atoms in total. The van der Waals surface area contributed by atoms with Gasteiger partial charge in [-0.1, -0.05) is 0 Å². The molecule has 1 aromatic rings. The average molecular weight is 228 g/mol. The second kappa shape index (κ2) is 4.02. The topological polar surface area (TPSA) is 17.3 Å². The molecule has 0 saturated heterocycles. The first-order valence-corrected chi connectivity index (χ1v) is 6.00. The molecule has 1 aliphatic heterocycles. The third kappa shape index (κ3) is 1.68. The van der Waals surface area contributed by atoms with Crippen molar-refractivity contribution in [3.63, 3.8) is 0 Å². The van der Waals surface area contributed by atoms with Crippen LogP contribution >= 0.6 is 0 Å². The fourth-order valence-corrected chi connectivity index (χ4v) is 2.56. The first-order valence-electron chi connectivity index (χ1n) is 6.00. The lowest BCUT2D eigenvalue weighted by molar-refractivity contribution is 0.858. The van der Waals surface area contributed by atoms with Gasteiger partial charge in [-0.3, -0.25) is 4.99 Å². The van der Waals surface area contributed by atoms with Gasteiger partial charge in [-0.15, -0.1) is 0 Å². The first-order chi connectivity index (χ1) is 7.95. The van der Waals surface area contributed by atoms with Gasteiger partial charge in [0.1, 0.15) is 0 Å². The molecule has 0 spiro atoms. The summed E-state index contributed by atoms with van der Waals surface area (Å²) in [6.45, 7) is 10.8. The van der Waals surface area contributed by atoms with Crippen LogP contribution in [0.15, 0.2) is 22.3 Å². The van der Waals surface area contributed by atoms with E-state index in [-0.39, 0.29) is 0 Å². The molecule has 0 saturated carbocycles. The van der Waals surface area contributed by atoms with E-state index in [0.29, 0.717) is 0 Å². The summed E-state index contributed by atoms with van der Waals surface area (Å²) < 4.78 is 2.27. The van der Waals surface area contributed by atoms with Crippen molar-refractivity contribution < 1.29 is 0 Å². The maximum atomic E-state index is 4.46. The highest BCUT2D eigenvalue weighted by Gasteiger charge is 2.17. The van der Waals surface area contributed by atoms with Gasteiger partial charge in [-0.2, -0.15) is 0 Å². The normalized spacial score (nSPS) is 17.6. The highest BCUT2D eigenvalue weighted by molar-refractivity contribution is 5.85. The van der Waals surface area contributed by atoms with E-state index in [0.717, 1.165) is 5.70 Å². The third-order valence-electron chi connectivity index (χ3n) is 3.91. The monoisotopic (exact) mass is 228 g/mol. The molecule has 0 N–H and O–H groups in total. The summed E-state index contributed by atoms with van der Waals surface area (Å²) >= 11 is 0. The van der Waals surface area contributed by atoms with Crippen LogP contribution in [0.2, 0.25) is 0 Å². The van der Waals surface area contributed by atoms with Gasteiger partial charge >= 0.3 is 0 Å². The van der Waals surface area contributed by atoms with Crippen LogP contribution in [0.4, 0.5) is 0 Å². The van der Waals surface area contributed by atoms with Crippen molar-refractivity contribution in [3.8, 4) is 0 Å². The van der Waals surface area contributed by atoms with Crippen molar-refractivity contribution in [1.29, 1.82) is 0 Å². The summed E-state index contributed by atoms with van der Waals surface area (Å²) in [4.78, 5) is 4.46. The quantitative estimate of drug-likeness (QED) is 0.697. The molecule has 2 rings (SSSR count). The van der Waals surface area contributed by atoms with E-state index in [4.69, 9.17) is 0 Å². The first kappa shape index (κ1) is 11.9. The van der Waals surface area contributed by atoms with Crippen LogP contribution in [-0.2, 0) is 7.05 Å². The van der Waals surface area contributed by atoms with E-state index in [1.807, 2.05) is 6.21 Å². The minimum atomic E-state index is 1.12. The summed E-state index contributed by atoms with van der Waals surface area (Å²) in [5, 5.41) is 0. The van der Waals surface area contributed by atoms with Crippen LogP contribution in [0.25, 0.3) is 5.57 Å². The Balaban J connectivity index is 2.68. The van der Waals surface area contributed by atoms with Crippen molar-refractivity contribution in [3.05, 3.63) is 39.9 Å². The number of nitrogens with zero attached hydrogens (tertiary/aromatic N) is 2. The minimum Gasteiger partial charge on any atom is -0.348 e. The van der Waals surface area contributed by atoms with Crippen LogP contribution < -0.4 is 0 Å². The Morgan fingerprint density at radius 2 is 1.76 bits per heavy atom. The Labute approximate surface area is 103 Å². The van der Waals surface area contributed by atoms with Crippen LogP contribution in [0, 0.1) is 20.8 Å². The zero-order valence-electron chi connectivity index (χ0n) is 11.5. The van der Waals surface area contributed by atoms with E-state index in [1.54, 1.807) is 0 Å². The average Bonchev–Trinajstić information content (AvgIpc) is 2.79. The molecule has 0 aromatic carbocycles. The Morgan fingerprint density at radius 3 is 2.18 bits per heavy atom. The Bertz CT molecular complexity index is 541. The minimum absolute atomic E-state index is 1.12. The number of aliphatic imine (C=N–C) groups is 1. The summed E-state index contributed by atoms with van der Waals surface area (Å²) in [7, 11) is 2.13. The van der Waals surface area contributed by atoms with Crippen molar-refractivity contribution in [2.24, 2.45) is 12.0 Å². The van der Waals surface area contributed by atoms with Gasteiger partial charge < -0.3 is 4.57 Å². The Hall–Kier alpha value is -1.57. The summed E-state index contributed by atoms with van der Waals surface area (Å²) in [6, 6.07) is 0. The maximum Gasteiger partial charge on any atom is 0.0709 e. The van der Waals surface area contributed by atoms with Gasteiger partial charge in [0.25, 0.3) is 0 Å². The van der Waals surface area contributed by atoms with Crippen LogP contribution in [0.1, 0.15) is 36.4 Å². The molecular formula is C15H20N2. The zero-order chi connectivity index (χ0) is 12.7. The highest BCUT2D eigenvalue weighted by Crippen LogP contribution is 2.31. The SMILES string of the molecule is CC1=CC=N/C1=C(/C)c1c(C)c(C)c(C)n1C. The van der Waals surface area contributed by atoms with Crippen LogP contribution in [-0.4, -0.2) is 10.8 Å². The molecule has 0 bridgehead atoms. The lowest BCUT2D eigenvalue weighted by atomic mass is 10.0. The van der Waals surface area contributed by atoms with Gasteiger partial charge in [0.15, 0.2) is 0 Å². The van der Waals surface area contributed by atoms with E-state index in [9.17, 15) is 0 Å². The molecule has 17 heavy (non-hydrogen) atoms. The smallest absolute Gasteiger partial charge is 0.0709 e. The third-order valence-corrected chi connectivity index (χ3v) is 3.91. The predicted molar refractivity (Wildman–Crippen MR) is 74.5 cm³/mol. The molecule has 0 unspecified atom stereocenters. The standard InChI is InChI=1S/C15H20N2/c1-9-7-8-16-14(9)12(4)15-11(3)10(2)13(5)17(15)6/h7-8H,1-6H3/b14-12-. The second-order valence-corrected chi connectivity index (χ2v) is 4.84. The van der Waals surface area contributed by atoms with Gasteiger partial charge in [-0.05, 0) is 63.0 Å². The molecular weight excluding hydrogens is 208 g/mol. The second-order valence-electron chi connectivity index (χ2n) is 4.84. The highest BCUT2D eigenvalue weighted by atomic mass is 15.0. The van der Waals surface area contributed by atoms with Crippen molar-refractivity contribution in [2.45, 2.75) is 34.6 Å². The molecule has 1 aromatic heterocycles. The fourth-order valence-electron chi connectivity index (χ4n) is 2.56. The van der Waals surface area contributed by atoms with Crippen molar-refractivity contribution >= 4 is 11.8 Å². The summed E-state index contributed by atoms with van der Waals surface area (Å²) in [5.41, 5.74) is 9.02. The van der Waals surface area contributed by atoms with E-state index >= 15 is 0 Å². The van der Waals surface area contributed by atoms with Gasteiger partial charge in [-0.25, -0.2) is 0 Å². The maximum absolute atomic E-state index is 4.46. The molecule has 2 heteroatoms. The number of allylic oxidation sites excluding steroid dienone is 3. The largest absolute Gasteiger partial charge is 0.348 e. The molecule has 1 aliphatic rings. The number of aromatic nitrogens is 1. The molecule has 2 heterocycles. The number of hydrogen-bond acceptors (Lipinski definition) is 1. The fraction of sp³-hybridized carbons (Fsp3) is 0.400.